The van der Waals surface area contributed by atoms with Crippen LogP contribution in [0.25, 0.3) is 0 Å². The van der Waals surface area contributed by atoms with E-state index in [1.807, 2.05) is 20.8 Å². The van der Waals surface area contributed by atoms with E-state index in [-0.39, 0.29) is 24.2 Å². The van der Waals surface area contributed by atoms with Gasteiger partial charge >= 0.3 is 0 Å². The Morgan fingerprint density at radius 2 is 1.73 bits per heavy atom. The first-order valence-corrected chi connectivity index (χ1v) is 4.19. The van der Waals surface area contributed by atoms with Crippen molar-refractivity contribution in [1.29, 1.82) is 0 Å². The number of hydrogen-bond donors (Lipinski definition) is 0. The topological polar surface area (TPSA) is 0 Å². The van der Waals surface area contributed by atoms with Gasteiger partial charge in [0.15, 0.2) is 0 Å². The van der Waals surface area contributed by atoms with Gasteiger partial charge in [0.2, 0.25) is 5.92 Å². The van der Waals surface area contributed by atoms with Crippen LogP contribution in [0.2, 0.25) is 0 Å². The zero-order chi connectivity index (χ0) is 8.70. The quantitative estimate of drug-likeness (QED) is 0.511. The zero-order valence-corrected chi connectivity index (χ0v) is 7.45. The summed E-state index contributed by atoms with van der Waals surface area (Å²) in [5, 5.41) is 0. The Labute approximate surface area is 67.0 Å². The molecule has 0 N–H and O–H groups in total. The van der Waals surface area contributed by atoms with Crippen LogP contribution in [0.4, 0.5) is 8.78 Å². The summed E-state index contributed by atoms with van der Waals surface area (Å²) in [4.78, 5) is 0. The van der Waals surface area contributed by atoms with E-state index in [0.717, 1.165) is 6.42 Å². The van der Waals surface area contributed by atoms with Crippen molar-refractivity contribution in [3.63, 3.8) is 0 Å². The molecule has 66 valence electrons. The molecule has 1 aliphatic rings. The third-order valence-electron chi connectivity index (χ3n) is 2.29. The highest BCUT2D eigenvalue weighted by atomic mass is 19.3. The van der Waals surface area contributed by atoms with E-state index in [9.17, 15) is 8.78 Å². The maximum Gasteiger partial charge on any atom is 0.248 e. The second-order valence-electron chi connectivity index (χ2n) is 4.71. The molecule has 0 nitrogen and oxygen atoms in total. The first-order chi connectivity index (χ1) is 4.81. The van der Waals surface area contributed by atoms with Crippen molar-refractivity contribution < 1.29 is 8.78 Å². The van der Waals surface area contributed by atoms with Gasteiger partial charge in [-0.2, -0.15) is 0 Å². The summed E-state index contributed by atoms with van der Waals surface area (Å²) in [6.07, 6.45) is 1.07. The average Bonchev–Trinajstić information content (AvgIpc) is 1.49. The number of rotatable bonds is 0. The van der Waals surface area contributed by atoms with Crippen molar-refractivity contribution in [2.45, 2.75) is 46.0 Å². The van der Waals surface area contributed by atoms with E-state index in [1.54, 1.807) is 0 Å². The van der Waals surface area contributed by atoms with Gasteiger partial charge in [-0.15, -0.1) is 0 Å². The fourth-order valence-electron chi connectivity index (χ4n) is 2.37. The highest BCUT2D eigenvalue weighted by Gasteiger charge is 2.43. The van der Waals surface area contributed by atoms with Crippen molar-refractivity contribution in [3.8, 4) is 0 Å². The van der Waals surface area contributed by atoms with E-state index in [0.29, 0.717) is 0 Å². The molecule has 0 unspecified atom stereocenters. The van der Waals surface area contributed by atoms with Crippen molar-refractivity contribution in [2.24, 2.45) is 11.3 Å². The minimum Gasteiger partial charge on any atom is -0.207 e. The summed E-state index contributed by atoms with van der Waals surface area (Å²) in [5.74, 6) is -2.24. The first kappa shape index (κ1) is 8.95. The third-order valence-corrected chi connectivity index (χ3v) is 2.29. The Hall–Kier alpha value is -0.140. The van der Waals surface area contributed by atoms with Gasteiger partial charge < -0.3 is 0 Å². The van der Waals surface area contributed by atoms with Gasteiger partial charge in [0.25, 0.3) is 0 Å². The fourth-order valence-corrected chi connectivity index (χ4v) is 2.37. The van der Waals surface area contributed by atoms with Crippen molar-refractivity contribution in [1.82, 2.24) is 0 Å². The lowest BCUT2D eigenvalue weighted by Crippen LogP contribution is -2.35. The van der Waals surface area contributed by atoms with Crippen LogP contribution >= 0.6 is 0 Å². The SMILES string of the molecule is C[C@@H]1CC(C)(C)CC(F)(F)C1. The lowest BCUT2D eigenvalue weighted by Gasteiger charge is -2.38. The van der Waals surface area contributed by atoms with Crippen molar-refractivity contribution >= 4 is 0 Å². The maximum absolute atomic E-state index is 13.0. The molecule has 0 amide bonds. The smallest absolute Gasteiger partial charge is 0.207 e. The Bertz CT molecular complexity index is 134. The third kappa shape index (κ3) is 2.42. The molecular weight excluding hydrogens is 146 g/mol. The summed E-state index contributed by atoms with van der Waals surface area (Å²) < 4.78 is 25.9. The molecule has 2 heteroatoms. The second kappa shape index (κ2) is 2.43. The maximum atomic E-state index is 13.0. The Kier molecular flexibility index (Phi) is 1.97. The van der Waals surface area contributed by atoms with Gasteiger partial charge in [-0.3, -0.25) is 0 Å². The second-order valence-corrected chi connectivity index (χ2v) is 4.71. The minimum atomic E-state index is -2.42. The summed E-state index contributed by atoms with van der Waals surface area (Å²) >= 11 is 0. The molecule has 0 bridgehead atoms. The molecule has 1 rings (SSSR count). The van der Waals surface area contributed by atoms with Crippen LogP contribution in [0.3, 0.4) is 0 Å². The van der Waals surface area contributed by atoms with Gasteiger partial charge in [0.05, 0.1) is 0 Å². The first-order valence-electron chi connectivity index (χ1n) is 4.19. The highest BCUT2D eigenvalue weighted by molar-refractivity contribution is 4.86. The normalized spacial score (nSPS) is 35.2. The molecule has 1 aliphatic carbocycles. The summed E-state index contributed by atoms with van der Waals surface area (Å²) in [6, 6.07) is 0. The molecule has 11 heavy (non-hydrogen) atoms. The van der Waals surface area contributed by atoms with E-state index in [1.165, 1.54) is 0 Å². The van der Waals surface area contributed by atoms with Crippen LogP contribution in [0.15, 0.2) is 0 Å². The minimum absolute atomic E-state index is 0.0599. The van der Waals surface area contributed by atoms with E-state index in [4.69, 9.17) is 0 Å². The molecule has 1 saturated carbocycles. The van der Waals surface area contributed by atoms with Crippen molar-refractivity contribution in [2.75, 3.05) is 0 Å². The average molecular weight is 162 g/mol. The Balaban J connectivity index is 2.66. The van der Waals surface area contributed by atoms with Crippen LogP contribution in [0.5, 0.6) is 0 Å². The van der Waals surface area contributed by atoms with Crippen LogP contribution in [-0.2, 0) is 0 Å². The van der Waals surface area contributed by atoms with Crippen LogP contribution < -0.4 is 0 Å². The van der Waals surface area contributed by atoms with Crippen molar-refractivity contribution in [3.05, 3.63) is 0 Å². The lowest BCUT2D eigenvalue weighted by atomic mass is 9.71. The molecule has 0 spiro atoms. The molecule has 1 fully saturated rings. The van der Waals surface area contributed by atoms with Gasteiger partial charge in [0.1, 0.15) is 0 Å². The highest BCUT2D eigenvalue weighted by Crippen LogP contribution is 2.46. The molecule has 0 heterocycles. The van der Waals surface area contributed by atoms with Crippen LogP contribution in [0.1, 0.15) is 40.0 Å². The number of hydrogen-bond acceptors (Lipinski definition) is 0. The largest absolute Gasteiger partial charge is 0.248 e. The summed E-state index contributed by atoms with van der Waals surface area (Å²) in [7, 11) is 0. The standard InChI is InChI=1S/C9H16F2/c1-7-4-8(2,3)6-9(10,11)5-7/h7H,4-6H2,1-3H3/t7-/m1/s1. The molecule has 1 atom stereocenters. The van der Waals surface area contributed by atoms with E-state index < -0.39 is 5.92 Å². The zero-order valence-electron chi connectivity index (χ0n) is 7.45. The molecule has 0 radical (unpaired) electrons. The van der Waals surface area contributed by atoms with Crippen LogP contribution in [-0.4, -0.2) is 5.92 Å². The van der Waals surface area contributed by atoms with E-state index in [2.05, 4.69) is 0 Å². The molecule has 0 aromatic carbocycles. The lowest BCUT2D eigenvalue weighted by molar-refractivity contribution is -0.0904. The van der Waals surface area contributed by atoms with Gasteiger partial charge in [0, 0.05) is 12.8 Å². The Morgan fingerprint density at radius 3 is 2.09 bits per heavy atom. The number of halogens is 2. The van der Waals surface area contributed by atoms with Crippen LogP contribution in [0, 0.1) is 11.3 Å². The summed E-state index contributed by atoms with van der Waals surface area (Å²) in [6.45, 7) is 5.77. The predicted octanol–water partition coefficient (Wildman–Crippen LogP) is 3.47. The van der Waals surface area contributed by atoms with Gasteiger partial charge in [-0.1, -0.05) is 20.8 Å². The fraction of sp³-hybridized carbons (Fsp3) is 1.00. The predicted molar refractivity (Wildman–Crippen MR) is 41.7 cm³/mol. The Morgan fingerprint density at radius 1 is 1.18 bits per heavy atom. The molecule has 0 aliphatic heterocycles. The van der Waals surface area contributed by atoms with E-state index >= 15 is 0 Å². The molecule has 0 aromatic heterocycles. The number of alkyl halides is 2. The monoisotopic (exact) mass is 162 g/mol. The molecular formula is C9H16F2. The molecule has 0 aromatic rings. The van der Waals surface area contributed by atoms with Gasteiger partial charge in [-0.25, -0.2) is 8.78 Å². The molecule has 0 saturated heterocycles. The summed E-state index contributed by atoms with van der Waals surface area (Å²) in [5.41, 5.74) is -0.166. The van der Waals surface area contributed by atoms with Gasteiger partial charge in [-0.05, 0) is 17.8 Å².